The van der Waals surface area contributed by atoms with Crippen LogP contribution < -0.4 is 4.74 Å². The normalized spacial score (nSPS) is 11.8. The molecule has 1 aromatic carbocycles. The van der Waals surface area contributed by atoms with Crippen LogP contribution in [0.3, 0.4) is 0 Å². The molecule has 1 heterocycles. The maximum Gasteiger partial charge on any atom is 0.123 e. The van der Waals surface area contributed by atoms with Gasteiger partial charge in [0, 0.05) is 11.8 Å². The fourth-order valence-corrected chi connectivity index (χ4v) is 3.07. The van der Waals surface area contributed by atoms with Gasteiger partial charge in [-0.3, -0.25) is 0 Å². The standard InChI is InChI=1S/C20H25NOS.C2H6/c1-6-16(8-7-14(2)3)20-21-13-19(23-20)17-9-11-18(12-10-17)22-15(4)5;1-2/h6-15H,1-5H3;1-2H3/b8-7-,16-6+;. The lowest BCUT2D eigenvalue weighted by atomic mass is 10.1. The summed E-state index contributed by atoms with van der Waals surface area (Å²) in [5.74, 6) is 1.44. The third-order valence-electron chi connectivity index (χ3n) is 3.23. The molecule has 136 valence electrons. The Morgan fingerprint density at radius 2 is 1.72 bits per heavy atom. The molecule has 0 bridgehead atoms. The van der Waals surface area contributed by atoms with Crippen molar-refractivity contribution in [3.05, 3.63) is 53.7 Å². The summed E-state index contributed by atoms with van der Waals surface area (Å²) in [6.07, 6.45) is 8.62. The number of ether oxygens (including phenoxy) is 1. The fraction of sp³-hybridized carbons (Fsp3) is 0.409. The minimum Gasteiger partial charge on any atom is -0.491 e. The van der Waals surface area contributed by atoms with Crippen LogP contribution in [-0.2, 0) is 0 Å². The molecule has 0 unspecified atom stereocenters. The summed E-state index contributed by atoms with van der Waals surface area (Å²) < 4.78 is 5.69. The number of benzene rings is 1. The Morgan fingerprint density at radius 1 is 1.08 bits per heavy atom. The molecule has 2 aromatic rings. The molecule has 2 rings (SSSR count). The number of aromatic nitrogens is 1. The predicted molar refractivity (Wildman–Crippen MR) is 112 cm³/mol. The van der Waals surface area contributed by atoms with Crippen molar-refractivity contribution in [1.82, 2.24) is 4.98 Å². The Hall–Kier alpha value is -1.87. The van der Waals surface area contributed by atoms with Gasteiger partial charge in [0.15, 0.2) is 0 Å². The van der Waals surface area contributed by atoms with Crippen molar-refractivity contribution in [3.63, 3.8) is 0 Å². The van der Waals surface area contributed by atoms with E-state index in [9.17, 15) is 0 Å². The smallest absolute Gasteiger partial charge is 0.123 e. The molecule has 1 aromatic heterocycles. The van der Waals surface area contributed by atoms with Crippen molar-refractivity contribution in [3.8, 4) is 16.2 Å². The first kappa shape index (κ1) is 21.2. The quantitative estimate of drug-likeness (QED) is 0.508. The van der Waals surface area contributed by atoms with Crippen molar-refractivity contribution in [2.24, 2.45) is 5.92 Å². The number of nitrogens with zero attached hydrogens (tertiary/aromatic N) is 1. The molecule has 2 nitrogen and oxygen atoms in total. The largest absolute Gasteiger partial charge is 0.491 e. The molecule has 0 fully saturated rings. The lowest BCUT2D eigenvalue weighted by Gasteiger charge is -2.09. The van der Waals surface area contributed by atoms with E-state index in [0.717, 1.165) is 10.8 Å². The second-order valence-corrected chi connectivity index (χ2v) is 7.10. The van der Waals surface area contributed by atoms with Crippen molar-refractivity contribution in [2.75, 3.05) is 0 Å². The molecule has 0 N–H and O–H groups in total. The van der Waals surface area contributed by atoms with Gasteiger partial charge >= 0.3 is 0 Å². The van der Waals surface area contributed by atoms with E-state index in [4.69, 9.17) is 4.74 Å². The molecule has 0 amide bonds. The summed E-state index contributed by atoms with van der Waals surface area (Å²) in [5, 5.41) is 1.06. The summed E-state index contributed by atoms with van der Waals surface area (Å²) in [6, 6.07) is 8.22. The predicted octanol–water partition coefficient (Wildman–Crippen LogP) is 7.24. The van der Waals surface area contributed by atoms with Gasteiger partial charge in [-0.25, -0.2) is 4.98 Å². The third kappa shape index (κ3) is 6.87. The summed E-state index contributed by atoms with van der Waals surface area (Å²) in [6.45, 7) is 14.5. The molecule has 0 aliphatic heterocycles. The second kappa shape index (κ2) is 10.9. The summed E-state index contributed by atoms with van der Waals surface area (Å²) in [5.41, 5.74) is 2.35. The second-order valence-electron chi connectivity index (χ2n) is 6.07. The molecular weight excluding hydrogens is 326 g/mol. The summed E-state index contributed by atoms with van der Waals surface area (Å²) >= 11 is 1.72. The third-order valence-corrected chi connectivity index (χ3v) is 4.33. The van der Waals surface area contributed by atoms with Gasteiger partial charge < -0.3 is 4.74 Å². The molecule has 0 saturated heterocycles. The number of hydrogen-bond acceptors (Lipinski definition) is 3. The van der Waals surface area contributed by atoms with Crippen molar-refractivity contribution >= 4 is 16.9 Å². The van der Waals surface area contributed by atoms with Gasteiger partial charge in [0.2, 0.25) is 0 Å². The van der Waals surface area contributed by atoms with E-state index in [1.165, 1.54) is 16.0 Å². The Morgan fingerprint density at radius 3 is 2.24 bits per heavy atom. The minimum atomic E-state index is 0.195. The highest BCUT2D eigenvalue weighted by molar-refractivity contribution is 7.16. The Kier molecular flexibility index (Phi) is 9.22. The van der Waals surface area contributed by atoms with E-state index >= 15 is 0 Å². The van der Waals surface area contributed by atoms with E-state index < -0.39 is 0 Å². The van der Waals surface area contributed by atoms with Crippen LogP contribution in [0, 0.1) is 5.92 Å². The van der Waals surface area contributed by atoms with Gasteiger partial charge in [-0.05, 0) is 56.5 Å². The Labute approximate surface area is 157 Å². The van der Waals surface area contributed by atoms with Gasteiger partial charge in [0.1, 0.15) is 10.8 Å². The highest BCUT2D eigenvalue weighted by atomic mass is 32.1. The number of hydrogen-bond donors (Lipinski definition) is 0. The van der Waals surface area contributed by atoms with Crippen LogP contribution in [0.4, 0.5) is 0 Å². The first-order chi connectivity index (χ1) is 12.0. The topological polar surface area (TPSA) is 22.1 Å². The molecule has 0 radical (unpaired) electrons. The van der Waals surface area contributed by atoms with Crippen molar-refractivity contribution < 1.29 is 4.74 Å². The van der Waals surface area contributed by atoms with Crippen molar-refractivity contribution in [1.29, 1.82) is 0 Å². The molecule has 0 aliphatic carbocycles. The van der Waals surface area contributed by atoms with Gasteiger partial charge in [-0.2, -0.15) is 0 Å². The maximum absolute atomic E-state index is 5.69. The average Bonchev–Trinajstić information content (AvgIpc) is 3.07. The van der Waals surface area contributed by atoms with E-state index in [0.29, 0.717) is 5.92 Å². The summed E-state index contributed by atoms with van der Waals surface area (Å²) in [4.78, 5) is 5.75. The van der Waals surface area contributed by atoms with Crippen LogP contribution in [0.2, 0.25) is 0 Å². The molecule has 0 saturated carbocycles. The highest BCUT2D eigenvalue weighted by Crippen LogP contribution is 2.31. The lowest BCUT2D eigenvalue weighted by molar-refractivity contribution is 0.242. The molecule has 25 heavy (non-hydrogen) atoms. The zero-order valence-corrected chi connectivity index (χ0v) is 17.4. The monoisotopic (exact) mass is 357 g/mol. The van der Waals surface area contributed by atoms with E-state index in [2.05, 4.69) is 56.1 Å². The van der Waals surface area contributed by atoms with Crippen LogP contribution in [0.25, 0.3) is 16.0 Å². The summed E-state index contributed by atoms with van der Waals surface area (Å²) in [7, 11) is 0. The van der Waals surface area contributed by atoms with E-state index in [1.807, 2.05) is 46.0 Å². The highest BCUT2D eigenvalue weighted by Gasteiger charge is 2.07. The fourth-order valence-electron chi connectivity index (χ4n) is 2.10. The first-order valence-corrected chi connectivity index (χ1v) is 9.89. The van der Waals surface area contributed by atoms with Gasteiger partial charge in [-0.1, -0.05) is 45.9 Å². The zero-order chi connectivity index (χ0) is 18.8. The van der Waals surface area contributed by atoms with Crippen LogP contribution in [0.5, 0.6) is 5.75 Å². The molecule has 0 atom stereocenters. The van der Waals surface area contributed by atoms with Crippen LogP contribution in [0.1, 0.15) is 53.5 Å². The Bertz CT molecular complexity index is 678. The van der Waals surface area contributed by atoms with E-state index in [1.54, 1.807) is 11.3 Å². The van der Waals surface area contributed by atoms with Gasteiger partial charge in [0.25, 0.3) is 0 Å². The average molecular weight is 358 g/mol. The maximum atomic E-state index is 5.69. The van der Waals surface area contributed by atoms with Gasteiger partial charge in [0.05, 0.1) is 11.0 Å². The number of rotatable bonds is 6. The van der Waals surface area contributed by atoms with Crippen LogP contribution in [-0.4, -0.2) is 11.1 Å². The van der Waals surface area contributed by atoms with Crippen LogP contribution >= 0.6 is 11.3 Å². The number of allylic oxidation sites excluding steroid dienone is 4. The molecule has 0 spiro atoms. The molecule has 0 aliphatic rings. The Balaban J connectivity index is 0.00000151. The zero-order valence-electron chi connectivity index (χ0n) is 16.5. The van der Waals surface area contributed by atoms with E-state index in [-0.39, 0.29) is 6.10 Å². The first-order valence-electron chi connectivity index (χ1n) is 9.07. The molecule has 3 heteroatoms. The lowest BCUT2D eigenvalue weighted by Crippen LogP contribution is -2.04. The SMILES string of the molecule is C/C=C(\C=C/C(C)C)c1ncc(-c2ccc(OC(C)C)cc2)s1.CC. The van der Waals surface area contributed by atoms with Crippen molar-refractivity contribution in [2.45, 2.75) is 54.6 Å². The number of thiazole rings is 1. The minimum absolute atomic E-state index is 0.195. The van der Waals surface area contributed by atoms with Gasteiger partial charge in [-0.15, -0.1) is 11.3 Å². The van der Waals surface area contributed by atoms with Crippen LogP contribution in [0.15, 0.2) is 48.7 Å². The molecular formula is C22H31NOS.